The number of rotatable bonds is 8. The molecular weight excluding hydrogens is 484 g/mol. The van der Waals surface area contributed by atoms with Crippen molar-refractivity contribution in [2.75, 3.05) is 31.1 Å². The average molecular weight is 517 g/mol. The Morgan fingerprint density at radius 2 is 1.59 bits per heavy atom. The van der Waals surface area contributed by atoms with Gasteiger partial charge in [0.1, 0.15) is 11.6 Å². The molecule has 0 bridgehead atoms. The average Bonchev–Trinajstić information content (AvgIpc) is 3.27. The Balaban J connectivity index is 1.43. The zero-order chi connectivity index (χ0) is 25.8. The lowest BCUT2D eigenvalue weighted by molar-refractivity contribution is 0.389. The fourth-order valence-corrected chi connectivity index (χ4v) is 5.77. The van der Waals surface area contributed by atoms with Gasteiger partial charge in [-0.3, -0.25) is 0 Å². The second-order valence-corrected chi connectivity index (χ2v) is 11.1. The molecule has 0 N–H and O–H groups in total. The number of sulfonamides is 1. The van der Waals surface area contributed by atoms with Crippen LogP contribution >= 0.6 is 0 Å². The zero-order valence-corrected chi connectivity index (χ0v) is 22.1. The van der Waals surface area contributed by atoms with Crippen LogP contribution in [0.25, 0.3) is 22.8 Å². The van der Waals surface area contributed by atoms with Crippen LogP contribution in [0.15, 0.2) is 66.1 Å². The number of hydrogen-bond acceptors (Lipinski definition) is 6. The van der Waals surface area contributed by atoms with Crippen LogP contribution < -0.4 is 4.90 Å². The largest absolute Gasteiger partial charge is 0.353 e. The lowest BCUT2D eigenvalue weighted by Gasteiger charge is -2.34. The maximum absolute atomic E-state index is 13.0. The van der Waals surface area contributed by atoms with E-state index in [1.807, 2.05) is 72.3 Å². The van der Waals surface area contributed by atoms with Crippen LogP contribution in [0.4, 0.5) is 5.82 Å². The Kier molecular flexibility index (Phi) is 7.34. The Labute approximate surface area is 218 Å². The van der Waals surface area contributed by atoms with Gasteiger partial charge < -0.3 is 4.90 Å². The first-order valence-electron chi connectivity index (χ1n) is 12.8. The van der Waals surface area contributed by atoms with Crippen molar-refractivity contribution in [3.63, 3.8) is 0 Å². The Hall–Kier alpha value is -3.56. The van der Waals surface area contributed by atoms with Crippen molar-refractivity contribution in [3.05, 3.63) is 83.2 Å². The van der Waals surface area contributed by atoms with Crippen LogP contribution in [0.3, 0.4) is 0 Å². The van der Waals surface area contributed by atoms with Gasteiger partial charge in [-0.25, -0.2) is 23.1 Å². The van der Waals surface area contributed by atoms with Gasteiger partial charge in [0.15, 0.2) is 5.65 Å². The molecule has 9 heteroatoms. The molecule has 1 fully saturated rings. The fraction of sp³-hybridized carbons (Fsp3) is 0.321. The van der Waals surface area contributed by atoms with Crippen molar-refractivity contribution < 1.29 is 8.42 Å². The first kappa shape index (κ1) is 25.1. The van der Waals surface area contributed by atoms with E-state index < -0.39 is 10.0 Å². The molecule has 8 nitrogen and oxygen atoms in total. The first-order valence-corrected chi connectivity index (χ1v) is 14.3. The number of fused-ring (bicyclic) bond motifs is 1. The van der Waals surface area contributed by atoms with E-state index in [-0.39, 0.29) is 0 Å². The van der Waals surface area contributed by atoms with Crippen LogP contribution in [-0.4, -0.2) is 58.7 Å². The van der Waals surface area contributed by atoms with Gasteiger partial charge in [-0.2, -0.15) is 9.40 Å². The molecular formula is C28H32N6O2S. The van der Waals surface area contributed by atoms with Crippen LogP contribution in [-0.2, 0) is 16.4 Å². The maximum atomic E-state index is 13.0. The van der Waals surface area contributed by atoms with E-state index in [0.717, 1.165) is 58.9 Å². The van der Waals surface area contributed by atoms with Gasteiger partial charge in [-0.15, -0.1) is 0 Å². The number of unbranched alkanes of at least 4 members (excludes halogenated alkanes) is 1. The van der Waals surface area contributed by atoms with Gasteiger partial charge >= 0.3 is 0 Å². The van der Waals surface area contributed by atoms with E-state index >= 15 is 0 Å². The van der Waals surface area contributed by atoms with Crippen molar-refractivity contribution in [3.8, 4) is 5.69 Å². The minimum absolute atomic E-state index is 0.392. The van der Waals surface area contributed by atoms with Crippen LogP contribution in [0.2, 0.25) is 0 Å². The number of anilines is 1. The van der Waals surface area contributed by atoms with Crippen LogP contribution in [0, 0.1) is 6.92 Å². The van der Waals surface area contributed by atoms with Crippen molar-refractivity contribution in [1.29, 1.82) is 0 Å². The smallest absolute Gasteiger partial charge is 0.236 e. The lowest BCUT2D eigenvalue weighted by Crippen LogP contribution is -2.48. The minimum Gasteiger partial charge on any atom is -0.353 e. The molecule has 5 rings (SSSR count). The summed E-state index contributed by atoms with van der Waals surface area (Å²) in [5.74, 6) is 1.63. The standard InChI is InChI=1S/C28H32N6O2S/c1-3-4-15-25-29-27(26-22(2)31-34(28(26)30-25)24-13-9-6-10-14-24)32-17-19-33(20-18-32)37(35,36)21-16-23-11-7-5-8-12-23/h5-14,16,21H,3-4,15,17-20H2,1-2H3. The third-order valence-electron chi connectivity index (χ3n) is 6.61. The van der Waals surface area contributed by atoms with Gasteiger partial charge in [0.25, 0.3) is 0 Å². The summed E-state index contributed by atoms with van der Waals surface area (Å²) in [6.45, 7) is 6.02. The highest BCUT2D eigenvalue weighted by Crippen LogP contribution is 2.30. The van der Waals surface area contributed by atoms with E-state index in [9.17, 15) is 8.42 Å². The SMILES string of the molecule is CCCCc1nc(N2CCN(S(=O)(=O)C=Cc3ccccc3)CC2)c2c(C)nn(-c3ccccc3)c2n1. The number of hydrogen-bond donors (Lipinski definition) is 0. The topological polar surface area (TPSA) is 84.2 Å². The molecule has 4 aromatic rings. The number of aryl methyl sites for hydroxylation is 2. The summed E-state index contributed by atoms with van der Waals surface area (Å²) in [6, 6.07) is 19.5. The van der Waals surface area contributed by atoms with E-state index in [2.05, 4.69) is 11.8 Å². The summed E-state index contributed by atoms with van der Waals surface area (Å²) in [5, 5.41) is 7.04. The highest BCUT2D eigenvalue weighted by atomic mass is 32.2. The second kappa shape index (κ2) is 10.8. The van der Waals surface area contributed by atoms with E-state index in [1.54, 1.807) is 10.4 Å². The van der Waals surface area contributed by atoms with Gasteiger partial charge in [0.2, 0.25) is 10.0 Å². The molecule has 0 amide bonds. The quantitative estimate of drug-likeness (QED) is 0.341. The number of para-hydroxylation sites is 1. The maximum Gasteiger partial charge on any atom is 0.236 e. The Morgan fingerprint density at radius 3 is 2.27 bits per heavy atom. The Morgan fingerprint density at radius 1 is 0.919 bits per heavy atom. The first-order chi connectivity index (χ1) is 18.0. The fourth-order valence-electron chi connectivity index (χ4n) is 4.60. The van der Waals surface area contributed by atoms with Crippen molar-refractivity contribution in [2.24, 2.45) is 0 Å². The summed E-state index contributed by atoms with van der Waals surface area (Å²) in [5.41, 5.74) is 3.46. The third-order valence-corrected chi connectivity index (χ3v) is 8.18. The molecule has 0 spiro atoms. The van der Waals surface area contributed by atoms with Gasteiger partial charge in [0.05, 0.1) is 16.8 Å². The molecule has 37 heavy (non-hydrogen) atoms. The minimum atomic E-state index is -3.51. The molecule has 1 saturated heterocycles. The molecule has 0 aliphatic carbocycles. The van der Waals surface area contributed by atoms with Crippen molar-refractivity contribution >= 4 is 33.0 Å². The molecule has 0 saturated carbocycles. The number of aromatic nitrogens is 4. The molecule has 2 aromatic heterocycles. The molecule has 3 heterocycles. The molecule has 1 aliphatic heterocycles. The summed E-state index contributed by atoms with van der Waals surface area (Å²) in [4.78, 5) is 12.1. The van der Waals surface area contributed by atoms with Gasteiger partial charge in [-0.1, -0.05) is 61.9 Å². The summed E-state index contributed by atoms with van der Waals surface area (Å²) in [6.07, 6.45) is 4.50. The molecule has 0 unspecified atom stereocenters. The summed E-state index contributed by atoms with van der Waals surface area (Å²) in [7, 11) is -3.51. The van der Waals surface area contributed by atoms with E-state index in [1.165, 1.54) is 5.41 Å². The van der Waals surface area contributed by atoms with E-state index in [4.69, 9.17) is 15.1 Å². The Bertz CT molecular complexity index is 1490. The number of benzene rings is 2. The van der Waals surface area contributed by atoms with Gasteiger partial charge in [-0.05, 0) is 37.1 Å². The monoisotopic (exact) mass is 516 g/mol. The lowest BCUT2D eigenvalue weighted by atomic mass is 10.2. The predicted molar refractivity (Wildman–Crippen MR) is 148 cm³/mol. The summed E-state index contributed by atoms with van der Waals surface area (Å²) >= 11 is 0. The van der Waals surface area contributed by atoms with Gasteiger partial charge in [0, 0.05) is 38.0 Å². The van der Waals surface area contributed by atoms with Crippen LogP contribution in [0.5, 0.6) is 0 Å². The normalized spacial score (nSPS) is 15.1. The van der Waals surface area contributed by atoms with Crippen LogP contribution in [0.1, 0.15) is 36.8 Å². The van der Waals surface area contributed by atoms with Crippen molar-refractivity contribution in [1.82, 2.24) is 24.1 Å². The predicted octanol–water partition coefficient (Wildman–Crippen LogP) is 4.59. The molecule has 1 aliphatic rings. The highest BCUT2D eigenvalue weighted by molar-refractivity contribution is 7.92. The second-order valence-electron chi connectivity index (χ2n) is 9.24. The highest BCUT2D eigenvalue weighted by Gasteiger charge is 2.28. The molecule has 192 valence electrons. The molecule has 2 aromatic carbocycles. The van der Waals surface area contributed by atoms with E-state index in [0.29, 0.717) is 26.2 Å². The number of nitrogens with zero attached hydrogens (tertiary/aromatic N) is 6. The molecule has 0 atom stereocenters. The van der Waals surface area contributed by atoms with Crippen molar-refractivity contribution in [2.45, 2.75) is 33.1 Å². The molecule has 0 radical (unpaired) electrons. The summed E-state index contributed by atoms with van der Waals surface area (Å²) < 4.78 is 29.4. The third kappa shape index (κ3) is 5.42. The zero-order valence-electron chi connectivity index (χ0n) is 21.3. The number of piperazine rings is 1.